The summed E-state index contributed by atoms with van der Waals surface area (Å²) in [4.78, 5) is 2.39. The SMILES string of the molecule is Cc1ccccc1N(C)CCCCCCCCCBr. The Kier molecular flexibility index (Phi) is 8.98. The number of rotatable bonds is 10. The van der Waals surface area contributed by atoms with Crippen LogP contribution in [-0.2, 0) is 0 Å². The molecule has 108 valence electrons. The maximum Gasteiger partial charge on any atom is 0.0393 e. The molecule has 0 bridgehead atoms. The van der Waals surface area contributed by atoms with Crippen LogP contribution in [0.3, 0.4) is 0 Å². The van der Waals surface area contributed by atoms with Gasteiger partial charge in [-0.15, -0.1) is 0 Å². The molecule has 1 aromatic rings. The molecular weight excluding hydrogens is 298 g/mol. The van der Waals surface area contributed by atoms with E-state index in [-0.39, 0.29) is 0 Å². The summed E-state index contributed by atoms with van der Waals surface area (Å²) in [6.07, 6.45) is 9.59. The molecule has 0 unspecified atom stereocenters. The molecule has 0 saturated carbocycles. The van der Waals surface area contributed by atoms with E-state index in [9.17, 15) is 0 Å². The van der Waals surface area contributed by atoms with Crippen molar-refractivity contribution in [3.8, 4) is 0 Å². The summed E-state index contributed by atoms with van der Waals surface area (Å²) in [5, 5.41) is 1.16. The van der Waals surface area contributed by atoms with E-state index >= 15 is 0 Å². The standard InChI is InChI=1S/C17H28BrN/c1-16-12-8-9-13-17(16)19(2)15-11-7-5-3-4-6-10-14-18/h8-9,12-13H,3-7,10-11,14-15H2,1-2H3. The topological polar surface area (TPSA) is 3.24 Å². The summed E-state index contributed by atoms with van der Waals surface area (Å²) in [6.45, 7) is 3.36. The first-order valence-corrected chi connectivity index (χ1v) is 8.70. The first kappa shape index (κ1) is 16.6. The number of nitrogens with zero attached hydrogens (tertiary/aromatic N) is 1. The molecule has 1 rings (SSSR count). The lowest BCUT2D eigenvalue weighted by atomic mass is 10.1. The van der Waals surface area contributed by atoms with Crippen LogP contribution in [0.4, 0.5) is 5.69 Å². The number of hydrogen-bond donors (Lipinski definition) is 0. The van der Waals surface area contributed by atoms with E-state index in [4.69, 9.17) is 0 Å². The molecule has 0 fully saturated rings. The summed E-state index contributed by atoms with van der Waals surface area (Å²) < 4.78 is 0. The largest absolute Gasteiger partial charge is 0.374 e. The van der Waals surface area contributed by atoms with Gasteiger partial charge in [-0.3, -0.25) is 0 Å². The van der Waals surface area contributed by atoms with E-state index in [0.717, 1.165) is 5.33 Å². The third-order valence-corrected chi connectivity index (χ3v) is 4.21. The smallest absolute Gasteiger partial charge is 0.0393 e. The second kappa shape index (κ2) is 10.3. The van der Waals surface area contributed by atoms with Gasteiger partial charge in [0.25, 0.3) is 0 Å². The molecule has 0 amide bonds. The number of aryl methyl sites for hydroxylation is 1. The van der Waals surface area contributed by atoms with Crippen LogP contribution in [0.25, 0.3) is 0 Å². The van der Waals surface area contributed by atoms with Crippen LogP contribution >= 0.6 is 15.9 Å². The molecule has 0 aromatic heterocycles. The summed E-state index contributed by atoms with van der Waals surface area (Å²) in [5.74, 6) is 0. The quantitative estimate of drug-likeness (QED) is 0.402. The minimum Gasteiger partial charge on any atom is -0.374 e. The summed E-state index contributed by atoms with van der Waals surface area (Å²) in [7, 11) is 2.21. The van der Waals surface area contributed by atoms with E-state index in [1.807, 2.05) is 0 Å². The molecule has 0 radical (unpaired) electrons. The van der Waals surface area contributed by atoms with Crippen molar-refractivity contribution in [2.24, 2.45) is 0 Å². The Morgan fingerprint density at radius 2 is 1.47 bits per heavy atom. The number of hydrogen-bond acceptors (Lipinski definition) is 1. The van der Waals surface area contributed by atoms with Crippen LogP contribution in [-0.4, -0.2) is 18.9 Å². The third kappa shape index (κ3) is 7.00. The zero-order valence-corrected chi connectivity index (χ0v) is 14.1. The molecule has 0 aliphatic rings. The molecule has 0 spiro atoms. The zero-order chi connectivity index (χ0) is 13.9. The average Bonchev–Trinajstić information content (AvgIpc) is 2.42. The first-order chi connectivity index (χ1) is 9.25. The Hall–Kier alpha value is -0.500. The maximum absolute atomic E-state index is 3.48. The normalized spacial score (nSPS) is 10.7. The minimum atomic E-state index is 1.16. The van der Waals surface area contributed by atoms with E-state index < -0.39 is 0 Å². The third-order valence-electron chi connectivity index (χ3n) is 3.65. The first-order valence-electron chi connectivity index (χ1n) is 7.58. The molecule has 0 aliphatic heterocycles. The minimum absolute atomic E-state index is 1.16. The van der Waals surface area contributed by atoms with E-state index in [2.05, 4.69) is 59.1 Å². The Morgan fingerprint density at radius 1 is 0.895 bits per heavy atom. The van der Waals surface area contributed by atoms with Gasteiger partial charge in [-0.25, -0.2) is 0 Å². The van der Waals surface area contributed by atoms with E-state index in [1.54, 1.807) is 0 Å². The van der Waals surface area contributed by atoms with Gasteiger partial charge in [0.05, 0.1) is 0 Å². The summed E-state index contributed by atoms with van der Waals surface area (Å²) in [5.41, 5.74) is 2.75. The van der Waals surface area contributed by atoms with E-state index in [1.165, 1.54) is 62.7 Å². The molecule has 0 heterocycles. The van der Waals surface area contributed by atoms with Gasteiger partial charge in [-0.1, -0.05) is 66.2 Å². The van der Waals surface area contributed by atoms with Crippen molar-refractivity contribution in [1.82, 2.24) is 0 Å². The monoisotopic (exact) mass is 325 g/mol. The fourth-order valence-corrected chi connectivity index (χ4v) is 2.84. The average molecular weight is 326 g/mol. The molecule has 1 aromatic carbocycles. The van der Waals surface area contributed by atoms with E-state index in [0.29, 0.717) is 0 Å². The predicted octanol–water partition coefficient (Wildman–Crippen LogP) is 5.56. The van der Waals surface area contributed by atoms with Crippen molar-refractivity contribution < 1.29 is 0 Å². The van der Waals surface area contributed by atoms with Crippen LogP contribution in [0.15, 0.2) is 24.3 Å². The van der Waals surface area contributed by atoms with Crippen LogP contribution < -0.4 is 4.90 Å². The Bertz CT molecular complexity index is 338. The van der Waals surface area contributed by atoms with Gasteiger partial charge in [-0.05, 0) is 31.4 Å². The lowest BCUT2D eigenvalue weighted by Gasteiger charge is -2.21. The van der Waals surface area contributed by atoms with Gasteiger partial charge in [0.15, 0.2) is 0 Å². The Labute approximate surface area is 127 Å². The van der Waals surface area contributed by atoms with Crippen molar-refractivity contribution in [3.63, 3.8) is 0 Å². The molecule has 0 atom stereocenters. The number of alkyl halides is 1. The highest BCUT2D eigenvalue weighted by Crippen LogP contribution is 2.18. The highest BCUT2D eigenvalue weighted by Gasteiger charge is 2.02. The lowest BCUT2D eigenvalue weighted by Crippen LogP contribution is -2.19. The number of halogens is 1. The van der Waals surface area contributed by atoms with Crippen LogP contribution in [0.2, 0.25) is 0 Å². The molecule has 0 N–H and O–H groups in total. The molecule has 19 heavy (non-hydrogen) atoms. The molecule has 0 aliphatic carbocycles. The molecular formula is C17H28BrN. The van der Waals surface area contributed by atoms with Crippen molar-refractivity contribution >= 4 is 21.6 Å². The van der Waals surface area contributed by atoms with Gasteiger partial charge in [-0.2, -0.15) is 0 Å². The fourth-order valence-electron chi connectivity index (χ4n) is 2.44. The predicted molar refractivity (Wildman–Crippen MR) is 90.6 cm³/mol. The van der Waals surface area contributed by atoms with Crippen molar-refractivity contribution in [1.29, 1.82) is 0 Å². The van der Waals surface area contributed by atoms with Gasteiger partial charge in [0, 0.05) is 24.6 Å². The second-order valence-electron chi connectivity index (χ2n) is 5.37. The number of benzene rings is 1. The Morgan fingerprint density at radius 3 is 2.11 bits per heavy atom. The number of unbranched alkanes of at least 4 members (excludes halogenated alkanes) is 6. The number of para-hydroxylation sites is 1. The van der Waals surface area contributed by atoms with Gasteiger partial charge in [0.2, 0.25) is 0 Å². The van der Waals surface area contributed by atoms with Crippen molar-refractivity contribution in [2.45, 2.75) is 51.9 Å². The van der Waals surface area contributed by atoms with Crippen molar-refractivity contribution in [3.05, 3.63) is 29.8 Å². The number of anilines is 1. The summed E-state index contributed by atoms with van der Waals surface area (Å²) >= 11 is 3.48. The van der Waals surface area contributed by atoms with Gasteiger partial charge < -0.3 is 4.90 Å². The Balaban J connectivity index is 2.08. The van der Waals surface area contributed by atoms with Crippen LogP contribution in [0.5, 0.6) is 0 Å². The van der Waals surface area contributed by atoms with Gasteiger partial charge in [0.1, 0.15) is 0 Å². The molecule has 1 nitrogen and oxygen atoms in total. The second-order valence-corrected chi connectivity index (χ2v) is 6.16. The molecule has 0 saturated heterocycles. The van der Waals surface area contributed by atoms with Crippen LogP contribution in [0.1, 0.15) is 50.5 Å². The zero-order valence-electron chi connectivity index (χ0n) is 12.5. The highest BCUT2D eigenvalue weighted by atomic mass is 79.9. The highest BCUT2D eigenvalue weighted by molar-refractivity contribution is 9.09. The maximum atomic E-state index is 3.48. The summed E-state index contributed by atoms with van der Waals surface area (Å²) in [6, 6.07) is 8.65. The van der Waals surface area contributed by atoms with Gasteiger partial charge >= 0.3 is 0 Å². The lowest BCUT2D eigenvalue weighted by molar-refractivity contribution is 0.590. The van der Waals surface area contributed by atoms with Crippen LogP contribution in [0, 0.1) is 6.92 Å². The fraction of sp³-hybridized carbons (Fsp3) is 0.647. The van der Waals surface area contributed by atoms with Crippen molar-refractivity contribution in [2.75, 3.05) is 23.8 Å². The molecule has 2 heteroatoms.